The summed E-state index contributed by atoms with van der Waals surface area (Å²) in [5.74, 6) is -1.36. The van der Waals surface area contributed by atoms with Crippen molar-refractivity contribution in [3.8, 4) is 0 Å². The highest BCUT2D eigenvalue weighted by molar-refractivity contribution is 5.83. The van der Waals surface area contributed by atoms with Gasteiger partial charge in [-0.15, -0.1) is 0 Å². The maximum absolute atomic E-state index is 12.7. The molecule has 50 heavy (non-hydrogen) atoms. The molecule has 0 spiro atoms. The zero-order valence-corrected chi connectivity index (χ0v) is 32.5. The van der Waals surface area contributed by atoms with Gasteiger partial charge in [0.1, 0.15) is 12.1 Å². The number of carboxylic acids is 1. The van der Waals surface area contributed by atoms with E-state index in [0.717, 1.165) is 64.2 Å². The molecule has 0 aliphatic rings. The first-order valence-electron chi connectivity index (χ1n) is 20.8. The predicted molar refractivity (Wildman–Crippen MR) is 211 cm³/mol. The van der Waals surface area contributed by atoms with E-state index in [1.165, 1.54) is 89.9 Å². The van der Waals surface area contributed by atoms with Gasteiger partial charge in [0.15, 0.2) is 0 Å². The molecule has 7 nitrogen and oxygen atoms in total. The molecule has 0 aromatic rings. The minimum Gasteiger partial charge on any atom is -0.480 e. The van der Waals surface area contributed by atoms with Crippen molar-refractivity contribution in [2.75, 3.05) is 6.54 Å². The molecule has 0 heterocycles. The van der Waals surface area contributed by atoms with E-state index in [-0.39, 0.29) is 18.0 Å². The molecule has 4 N–H and O–H groups in total. The lowest BCUT2D eigenvalue weighted by Crippen LogP contribution is -2.40. The second-order valence-corrected chi connectivity index (χ2v) is 14.0. The van der Waals surface area contributed by atoms with Gasteiger partial charge in [-0.05, 0) is 96.1 Å². The first kappa shape index (κ1) is 47.6. The first-order valence-corrected chi connectivity index (χ1v) is 20.8. The Hall–Kier alpha value is -2.41. The maximum atomic E-state index is 12.7. The normalized spacial score (nSPS) is 13.0. The minimum atomic E-state index is -1.02. The van der Waals surface area contributed by atoms with Crippen LogP contribution in [0.2, 0.25) is 0 Å². The fraction of sp³-hybridized carbons (Fsp3) is 0.791. The van der Waals surface area contributed by atoms with E-state index in [4.69, 9.17) is 10.5 Å². The van der Waals surface area contributed by atoms with Gasteiger partial charge in [-0.2, -0.15) is 0 Å². The molecule has 0 aromatic carbocycles. The molecule has 0 bridgehead atoms. The third-order valence-electron chi connectivity index (χ3n) is 9.16. The van der Waals surface area contributed by atoms with E-state index in [0.29, 0.717) is 38.6 Å². The van der Waals surface area contributed by atoms with Crippen LogP contribution in [0.25, 0.3) is 0 Å². The molecule has 0 radical (unpaired) electrons. The number of amides is 1. The quantitative estimate of drug-likeness (QED) is 0.0337. The molecule has 0 saturated heterocycles. The Morgan fingerprint density at radius 3 is 1.68 bits per heavy atom. The maximum Gasteiger partial charge on any atom is 0.326 e. The van der Waals surface area contributed by atoms with E-state index >= 15 is 0 Å². The van der Waals surface area contributed by atoms with Gasteiger partial charge in [0, 0.05) is 12.8 Å². The van der Waals surface area contributed by atoms with E-state index in [9.17, 15) is 19.5 Å². The lowest BCUT2D eigenvalue weighted by molar-refractivity contribution is -0.147. The third kappa shape index (κ3) is 34.1. The molecule has 0 fully saturated rings. The van der Waals surface area contributed by atoms with Crippen LogP contribution >= 0.6 is 0 Å². The van der Waals surface area contributed by atoms with E-state index < -0.39 is 12.0 Å². The van der Waals surface area contributed by atoms with Crippen molar-refractivity contribution < 1.29 is 24.2 Å². The number of hydrogen-bond donors (Lipinski definition) is 3. The van der Waals surface area contributed by atoms with Crippen LogP contribution in [0, 0.1) is 0 Å². The van der Waals surface area contributed by atoms with Crippen molar-refractivity contribution in [2.45, 2.75) is 212 Å². The number of nitrogens with one attached hydrogen (secondary N) is 1. The zero-order valence-electron chi connectivity index (χ0n) is 32.5. The van der Waals surface area contributed by atoms with Gasteiger partial charge in [0.25, 0.3) is 0 Å². The van der Waals surface area contributed by atoms with Gasteiger partial charge in [0.05, 0.1) is 0 Å². The third-order valence-corrected chi connectivity index (χ3v) is 9.16. The molecule has 2 unspecified atom stereocenters. The van der Waals surface area contributed by atoms with Crippen LogP contribution in [-0.2, 0) is 19.1 Å². The summed E-state index contributed by atoms with van der Waals surface area (Å²) in [6, 6.07) is -0.874. The summed E-state index contributed by atoms with van der Waals surface area (Å²) in [5.41, 5.74) is 5.48. The molecule has 1 amide bonds. The van der Waals surface area contributed by atoms with E-state index in [1.807, 2.05) is 6.08 Å². The van der Waals surface area contributed by atoms with E-state index in [2.05, 4.69) is 49.5 Å². The topological polar surface area (TPSA) is 119 Å². The van der Waals surface area contributed by atoms with Crippen LogP contribution < -0.4 is 11.1 Å². The number of unbranched alkanes of at least 4 members (excludes halogenated alkanes) is 19. The number of carbonyl (C=O) groups excluding carboxylic acids is 2. The summed E-state index contributed by atoms with van der Waals surface area (Å²) in [6.07, 6.45) is 43.4. The highest BCUT2D eigenvalue weighted by Gasteiger charge is 2.19. The number of nitrogens with two attached hydrogens (primary N) is 1. The number of hydrogen-bond acceptors (Lipinski definition) is 5. The van der Waals surface area contributed by atoms with Crippen molar-refractivity contribution in [1.82, 2.24) is 5.32 Å². The van der Waals surface area contributed by atoms with Crippen LogP contribution in [0.15, 0.2) is 36.5 Å². The predicted octanol–water partition coefficient (Wildman–Crippen LogP) is 11.4. The Morgan fingerprint density at radius 1 is 0.600 bits per heavy atom. The van der Waals surface area contributed by atoms with Crippen molar-refractivity contribution >= 4 is 17.8 Å². The number of rotatable bonds is 37. The average Bonchev–Trinajstić information content (AvgIpc) is 3.10. The van der Waals surface area contributed by atoms with Gasteiger partial charge in [-0.1, -0.05) is 134 Å². The Labute approximate surface area is 307 Å². The Morgan fingerprint density at radius 2 is 1.10 bits per heavy atom. The molecule has 0 rings (SSSR count). The number of carbonyl (C=O) groups is 3. The Kier molecular flexibility index (Phi) is 36.0. The molecular weight excluding hydrogens is 624 g/mol. The summed E-state index contributed by atoms with van der Waals surface area (Å²) in [5, 5.41) is 11.9. The van der Waals surface area contributed by atoms with Crippen molar-refractivity contribution in [3.63, 3.8) is 0 Å². The summed E-state index contributed by atoms with van der Waals surface area (Å²) < 4.78 is 5.90. The van der Waals surface area contributed by atoms with Crippen LogP contribution in [0.3, 0.4) is 0 Å². The lowest BCUT2D eigenvalue weighted by Gasteiger charge is -2.15. The number of esters is 1. The molecule has 0 saturated carbocycles. The van der Waals surface area contributed by atoms with Gasteiger partial charge in [-0.25, -0.2) is 4.79 Å². The smallest absolute Gasteiger partial charge is 0.326 e. The lowest BCUT2D eigenvalue weighted by atomic mass is 10.1. The molecule has 0 aliphatic carbocycles. The van der Waals surface area contributed by atoms with Gasteiger partial charge in [-0.3, -0.25) is 9.59 Å². The average molecular weight is 703 g/mol. The van der Waals surface area contributed by atoms with Crippen molar-refractivity contribution in [3.05, 3.63) is 36.5 Å². The van der Waals surface area contributed by atoms with Gasteiger partial charge in [0.2, 0.25) is 5.91 Å². The minimum absolute atomic E-state index is 0.112. The highest BCUT2D eigenvalue weighted by Crippen LogP contribution is 2.15. The van der Waals surface area contributed by atoms with Crippen LogP contribution in [0.1, 0.15) is 200 Å². The van der Waals surface area contributed by atoms with Gasteiger partial charge >= 0.3 is 11.9 Å². The monoisotopic (exact) mass is 703 g/mol. The molecule has 0 aliphatic heterocycles. The summed E-state index contributed by atoms with van der Waals surface area (Å²) in [6.45, 7) is 4.90. The summed E-state index contributed by atoms with van der Waals surface area (Å²) in [4.78, 5) is 36.3. The molecular formula is C43H78N2O5. The van der Waals surface area contributed by atoms with Crippen molar-refractivity contribution in [1.29, 1.82) is 0 Å². The number of ether oxygens (including phenoxy) is 1. The molecule has 2 atom stereocenters. The highest BCUT2D eigenvalue weighted by atomic mass is 16.5. The fourth-order valence-corrected chi connectivity index (χ4v) is 5.98. The number of carboxylic acid groups (broad SMARTS) is 1. The Bertz CT molecular complexity index is 885. The number of aliphatic carboxylic acids is 1. The largest absolute Gasteiger partial charge is 0.480 e. The van der Waals surface area contributed by atoms with Crippen LogP contribution in [-0.4, -0.2) is 41.6 Å². The zero-order chi connectivity index (χ0) is 36.8. The standard InChI is InChI=1S/C43H78N2O5/c1-3-5-7-9-11-13-14-15-16-17-18-19-21-23-25-31-37-42(47)50-39(33-28-24-22-20-12-10-8-6-4-2)34-29-26-27-30-36-41(46)45-40(43(48)49)35-32-38-44/h16-17,20,22,28,33,39-40H,3-15,18-19,21,23-27,29-32,34-38,44H2,1-2H3,(H,45,46)(H,48,49)/b17-16-,22-20-,33-28-. The molecule has 290 valence electrons. The SMILES string of the molecule is CCCCCC/C=C\C/C=C\C(CCCCCCC(=O)NC(CCCN)C(=O)O)OC(=O)CCCCCCC/C=C\CCCCCCCCC. The Balaban J connectivity index is 4.35. The van der Waals surface area contributed by atoms with Crippen LogP contribution in [0.5, 0.6) is 0 Å². The van der Waals surface area contributed by atoms with Crippen molar-refractivity contribution in [2.24, 2.45) is 5.73 Å². The summed E-state index contributed by atoms with van der Waals surface area (Å²) in [7, 11) is 0. The second-order valence-electron chi connectivity index (χ2n) is 14.0. The number of allylic oxidation sites excluding steroid dienone is 5. The molecule has 7 heteroatoms. The fourth-order valence-electron chi connectivity index (χ4n) is 5.98. The molecule has 0 aromatic heterocycles. The van der Waals surface area contributed by atoms with Gasteiger partial charge < -0.3 is 20.9 Å². The first-order chi connectivity index (χ1) is 24.4. The second kappa shape index (κ2) is 37.8. The van der Waals surface area contributed by atoms with Crippen LogP contribution in [0.4, 0.5) is 0 Å². The summed E-state index contributed by atoms with van der Waals surface area (Å²) >= 11 is 0. The van der Waals surface area contributed by atoms with E-state index in [1.54, 1.807) is 0 Å².